The molecule has 13 heavy (non-hydrogen) atoms. The summed E-state index contributed by atoms with van der Waals surface area (Å²) in [6, 6.07) is 4.17. The first-order chi connectivity index (χ1) is 6.15. The number of aliphatic hydroxyl groups excluding tert-OH is 1. The quantitative estimate of drug-likeness (QED) is 0.890. The van der Waals surface area contributed by atoms with Gasteiger partial charge in [-0.25, -0.2) is 4.39 Å². The molecule has 1 rings (SSSR count). The number of halogens is 2. The minimum Gasteiger partial charge on any atom is -0.386 e. The highest BCUT2D eigenvalue weighted by atomic mass is 79.9. The van der Waals surface area contributed by atoms with Crippen LogP contribution in [0, 0.1) is 5.82 Å². The molecule has 0 heterocycles. The normalized spacial score (nSPS) is 12.9. The molecular weight excluding hydrogens is 239 g/mol. The molecule has 0 fully saturated rings. The van der Waals surface area contributed by atoms with Gasteiger partial charge in [0, 0.05) is 11.6 Å². The van der Waals surface area contributed by atoms with E-state index < -0.39 is 6.10 Å². The number of methoxy groups -OCH3 is 1. The van der Waals surface area contributed by atoms with E-state index in [-0.39, 0.29) is 12.4 Å². The van der Waals surface area contributed by atoms with Gasteiger partial charge in [0.15, 0.2) is 0 Å². The summed E-state index contributed by atoms with van der Waals surface area (Å²) in [5, 5.41) is 9.50. The van der Waals surface area contributed by atoms with Gasteiger partial charge < -0.3 is 9.84 Å². The lowest BCUT2D eigenvalue weighted by Crippen LogP contribution is -2.06. The maximum atomic E-state index is 12.8. The second kappa shape index (κ2) is 4.69. The summed E-state index contributed by atoms with van der Waals surface area (Å²) in [5.41, 5.74) is 0.502. The number of ether oxygens (including phenoxy) is 1. The first-order valence-corrected chi connectivity index (χ1v) is 4.56. The van der Waals surface area contributed by atoms with E-state index in [4.69, 9.17) is 4.74 Å². The Labute approximate surface area is 84.5 Å². The van der Waals surface area contributed by atoms with E-state index in [1.54, 1.807) is 6.07 Å². The number of hydrogen-bond donors (Lipinski definition) is 1. The molecule has 0 saturated carbocycles. The smallest absolute Gasteiger partial charge is 0.123 e. The first-order valence-electron chi connectivity index (χ1n) is 3.77. The summed E-state index contributed by atoms with van der Waals surface area (Å²) >= 11 is 3.22. The van der Waals surface area contributed by atoms with Crippen molar-refractivity contribution < 1.29 is 14.2 Å². The third-order valence-corrected chi connectivity index (χ3v) is 2.36. The zero-order valence-electron chi connectivity index (χ0n) is 7.13. The van der Waals surface area contributed by atoms with Gasteiger partial charge in [-0.05, 0) is 23.8 Å². The molecule has 4 heteroatoms. The van der Waals surface area contributed by atoms with Gasteiger partial charge in [-0.3, -0.25) is 0 Å². The molecule has 0 radical (unpaired) electrons. The van der Waals surface area contributed by atoms with Crippen molar-refractivity contribution in [2.75, 3.05) is 13.7 Å². The van der Waals surface area contributed by atoms with Crippen molar-refractivity contribution in [1.82, 2.24) is 0 Å². The average Bonchev–Trinajstić information content (AvgIpc) is 2.09. The summed E-state index contributed by atoms with van der Waals surface area (Å²) in [6.45, 7) is 0.155. The topological polar surface area (TPSA) is 29.5 Å². The standard InChI is InChI=1S/C9H10BrFO2/c1-13-5-9(12)7-4-6(11)2-3-8(7)10/h2-4,9,12H,5H2,1H3. The fourth-order valence-corrected chi connectivity index (χ4v) is 1.53. The van der Waals surface area contributed by atoms with Crippen LogP contribution in [0.4, 0.5) is 4.39 Å². The maximum Gasteiger partial charge on any atom is 0.123 e. The van der Waals surface area contributed by atoms with Crippen LogP contribution in [0.3, 0.4) is 0 Å². The Morgan fingerprint density at radius 3 is 2.92 bits per heavy atom. The van der Waals surface area contributed by atoms with Gasteiger partial charge in [-0.2, -0.15) is 0 Å². The van der Waals surface area contributed by atoms with Crippen LogP contribution in [0.2, 0.25) is 0 Å². The molecule has 0 aromatic heterocycles. The predicted octanol–water partition coefficient (Wildman–Crippen LogP) is 2.27. The summed E-state index contributed by atoms with van der Waals surface area (Å²) in [7, 11) is 1.48. The van der Waals surface area contributed by atoms with Gasteiger partial charge in [0.05, 0.1) is 6.61 Å². The molecule has 1 atom stereocenters. The lowest BCUT2D eigenvalue weighted by molar-refractivity contribution is 0.0638. The van der Waals surface area contributed by atoms with Crippen molar-refractivity contribution >= 4 is 15.9 Å². The van der Waals surface area contributed by atoms with E-state index in [0.717, 1.165) is 0 Å². The SMILES string of the molecule is COCC(O)c1cc(F)ccc1Br. The molecule has 1 unspecified atom stereocenters. The maximum absolute atomic E-state index is 12.8. The van der Waals surface area contributed by atoms with E-state index in [0.29, 0.717) is 10.0 Å². The van der Waals surface area contributed by atoms with Crippen LogP contribution in [0.15, 0.2) is 22.7 Å². The van der Waals surface area contributed by atoms with Crippen molar-refractivity contribution in [2.24, 2.45) is 0 Å². The number of aliphatic hydroxyl groups is 1. The van der Waals surface area contributed by atoms with Gasteiger partial charge in [0.2, 0.25) is 0 Å². The summed E-state index contributed by atoms with van der Waals surface area (Å²) in [6.07, 6.45) is -0.796. The van der Waals surface area contributed by atoms with Crippen LogP contribution in [0.25, 0.3) is 0 Å². The van der Waals surface area contributed by atoms with E-state index in [2.05, 4.69) is 15.9 Å². The minimum atomic E-state index is -0.796. The molecule has 0 aliphatic heterocycles. The Morgan fingerprint density at radius 2 is 2.31 bits per heavy atom. The van der Waals surface area contributed by atoms with Crippen LogP contribution in [0.1, 0.15) is 11.7 Å². The molecule has 0 aliphatic rings. The second-order valence-corrected chi connectivity index (χ2v) is 3.49. The number of benzene rings is 1. The minimum absolute atomic E-state index is 0.155. The van der Waals surface area contributed by atoms with Crippen molar-refractivity contribution in [3.8, 4) is 0 Å². The van der Waals surface area contributed by atoms with Gasteiger partial charge >= 0.3 is 0 Å². The number of rotatable bonds is 3. The zero-order valence-corrected chi connectivity index (χ0v) is 8.71. The summed E-state index contributed by atoms with van der Waals surface area (Å²) in [5.74, 6) is -0.367. The van der Waals surface area contributed by atoms with Crippen molar-refractivity contribution in [3.05, 3.63) is 34.1 Å². The predicted molar refractivity (Wildman–Crippen MR) is 50.9 cm³/mol. The molecule has 0 aliphatic carbocycles. The molecule has 0 bridgehead atoms. The lowest BCUT2D eigenvalue weighted by atomic mass is 10.1. The monoisotopic (exact) mass is 248 g/mol. The van der Waals surface area contributed by atoms with Crippen LogP contribution >= 0.6 is 15.9 Å². The Hall–Kier alpha value is -0.450. The molecule has 1 aromatic carbocycles. The highest BCUT2D eigenvalue weighted by Crippen LogP contribution is 2.24. The van der Waals surface area contributed by atoms with E-state index in [1.807, 2.05) is 0 Å². The van der Waals surface area contributed by atoms with Gasteiger partial charge in [-0.1, -0.05) is 15.9 Å². The molecular formula is C9H10BrFO2. The molecule has 0 saturated heterocycles. The molecule has 1 N–H and O–H groups in total. The van der Waals surface area contributed by atoms with Crippen molar-refractivity contribution in [1.29, 1.82) is 0 Å². The highest BCUT2D eigenvalue weighted by Gasteiger charge is 2.11. The summed E-state index contributed by atoms with van der Waals surface area (Å²) < 4.78 is 18.2. The third-order valence-electron chi connectivity index (χ3n) is 1.64. The van der Waals surface area contributed by atoms with Crippen LogP contribution < -0.4 is 0 Å². The van der Waals surface area contributed by atoms with Crippen LogP contribution in [-0.4, -0.2) is 18.8 Å². The van der Waals surface area contributed by atoms with Crippen LogP contribution in [-0.2, 0) is 4.74 Å². The van der Waals surface area contributed by atoms with Gasteiger partial charge in [-0.15, -0.1) is 0 Å². The van der Waals surface area contributed by atoms with Crippen molar-refractivity contribution in [2.45, 2.75) is 6.10 Å². The van der Waals surface area contributed by atoms with Gasteiger partial charge in [0.25, 0.3) is 0 Å². The lowest BCUT2D eigenvalue weighted by Gasteiger charge is -2.11. The molecule has 72 valence electrons. The number of hydrogen-bond acceptors (Lipinski definition) is 2. The Kier molecular flexibility index (Phi) is 3.84. The second-order valence-electron chi connectivity index (χ2n) is 2.64. The summed E-state index contributed by atoms with van der Waals surface area (Å²) in [4.78, 5) is 0. The van der Waals surface area contributed by atoms with Gasteiger partial charge in [0.1, 0.15) is 11.9 Å². The van der Waals surface area contributed by atoms with E-state index >= 15 is 0 Å². The Morgan fingerprint density at radius 1 is 1.62 bits per heavy atom. The van der Waals surface area contributed by atoms with E-state index in [1.165, 1.54) is 19.2 Å². The highest BCUT2D eigenvalue weighted by molar-refractivity contribution is 9.10. The van der Waals surface area contributed by atoms with Crippen molar-refractivity contribution in [3.63, 3.8) is 0 Å². The molecule has 2 nitrogen and oxygen atoms in total. The third kappa shape index (κ3) is 2.76. The fourth-order valence-electron chi connectivity index (χ4n) is 1.02. The molecule has 1 aromatic rings. The Bertz CT molecular complexity index is 291. The van der Waals surface area contributed by atoms with E-state index in [9.17, 15) is 9.50 Å². The Balaban J connectivity index is 2.91. The first kappa shape index (κ1) is 10.6. The average molecular weight is 249 g/mol. The fraction of sp³-hybridized carbons (Fsp3) is 0.333. The molecule has 0 amide bonds. The molecule has 0 spiro atoms. The largest absolute Gasteiger partial charge is 0.386 e. The zero-order chi connectivity index (χ0) is 9.84. The van der Waals surface area contributed by atoms with Crippen LogP contribution in [0.5, 0.6) is 0 Å².